The molecule has 0 aliphatic heterocycles. The lowest BCUT2D eigenvalue weighted by Crippen LogP contribution is -2.42. The van der Waals surface area contributed by atoms with Gasteiger partial charge in [-0.25, -0.2) is 4.98 Å². The number of hydrogen-bond acceptors (Lipinski definition) is 4. The van der Waals surface area contributed by atoms with Crippen LogP contribution in [0.2, 0.25) is 0 Å². The summed E-state index contributed by atoms with van der Waals surface area (Å²) in [4.78, 5) is 16.0. The van der Waals surface area contributed by atoms with Gasteiger partial charge in [0.1, 0.15) is 11.8 Å². The lowest BCUT2D eigenvalue weighted by molar-refractivity contribution is -0.123. The summed E-state index contributed by atoms with van der Waals surface area (Å²) in [6, 6.07) is -0.212. The quantitative estimate of drug-likeness (QED) is 0.855. The minimum Gasteiger partial charge on any atom is -0.444 e. The van der Waals surface area contributed by atoms with E-state index in [0.29, 0.717) is 12.3 Å². The topological polar surface area (TPSA) is 81.2 Å². The van der Waals surface area contributed by atoms with Crippen molar-refractivity contribution in [2.75, 3.05) is 0 Å². The Balaban J connectivity index is 1.87. The second kappa shape index (κ2) is 5.10. The number of aromatic nitrogens is 1. The number of nitrogens with one attached hydrogen (secondary N) is 1. The van der Waals surface area contributed by atoms with Crippen LogP contribution in [0.5, 0.6) is 0 Å². The van der Waals surface area contributed by atoms with Crippen LogP contribution in [0, 0.1) is 6.92 Å². The monoisotopic (exact) mass is 251 g/mol. The van der Waals surface area contributed by atoms with Crippen molar-refractivity contribution in [2.24, 2.45) is 5.73 Å². The maximum absolute atomic E-state index is 11.9. The fraction of sp³-hybridized carbons (Fsp3) is 0.692. The molecule has 1 aromatic rings. The van der Waals surface area contributed by atoms with Gasteiger partial charge in [-0.15, -0.1) is 0 Å². The number of oxazole rings is 1. The van der Waals surface area contributed by atoms with E-state index in [4.69, 9.17) is 10.2 Å². The Morgan fingerprint density at radius 3 is 2.83 bits per heavy atom. The Labute approximate surface area is 107 Å². The van der Waals surface area contributed by atoms with E-state index in [2.05, 4.69) is 10.3 Å². The maximum atomic E-state index is 11.9. The van der Waals surface area contributed by atoms with Gasteiger partial charge >= 0.3 is 0 Å². The number of nitrogens with two attached hydrogens (primary N) is 1. The van der Waals surface area contributed by atoms with Gasteiger partial charge in [-0.2, -0.15) is 0 Å². The van der Waals surface area contributed by atoms with Gasteiger partial charge in [0.15, 0.2) is 0 Å². The molecule has 1 saturated carbocycles. The zero-order chi connectivity index (χ0) is 13.2. The molecule has 5 heteroatoms. The van der Waals surface area contributed by atoms with Crippen molar-refractivity contribution in [3.63, 3.8) is 0 Å². The van der Waals surface area contributed by atoms with Crippen LogP contribution >= 0.6 is 0 Å². The molecule has 1 aromatic heterocycles. The fourth-order valence-corrected chi connectivity index (χ4v) is 2.50. The normalized spacial score (nSPS) is 19.7. The van der Waals surface area contributed by atoms with Crippen LogP contribution in [0.4, 0.5) is 0 Å². The van der Waals surface area contributed by atoms with Crippen molar-refractivity contribution in [3.8, 4) is 0 Å². The van der Waals surface area contributed by atoms with Gasteiger partial charge in [0.2, 0.25) is 11.8 Å². The van der Waals surface area contributed by atoms with Crippen LogP contribution in [0.25, 0.3) is 0 Å². The summed E-state index contributed by atoms with van der Waals surface area (Å²) in [5.74, 6) is 1.26. The Hall–Kier alpha value is -1.36. The summed E-state index contributed by atoms with van der Waals surface area (Å²) >= 11 is 0. The molecular weight excluding hydrogens is 230 g/mol. The minimum absolute atomic E-state index is 0.0252. The smallest absolute Gasteiger partial charge is 0.222 e. The Morgan fingerprint density at radius 1 is 1.61 bits per heavy atom. The second-order valence-electron chi connectivity index (χ2n) is 5.34. The van der Waals surface area contributed by atoms with Crippen LogP contribution in [0.1, 0.15) is 56.7 Å². The highest BCUT2D eigenvalue weighted by molar-refractivity contribution is 5.77. The number of amides is 1. The molecule has 1 atom stereocenters. The first-order valence-electron chi connectivity index (χ1n) is 6.49. The molecule has 0 saturated heterocycles. The molecule has 1 aliphatic carbocycles. The summed E-state index contributed by atoms with van der Waals surface area (Å²) in [7, 11) is 0. The van der Waals surface area contributed by atoms with Crippen LogP contribution in [-0.2, 0) is 4.79 Å². The van der Waals surface area contributed by atoms with Crippen molar-refractivity contribution in [2.45, 2.75) is 57.5 Å². The van der Waals surface area contributed by atoms with Crippen LogP contribution in [-0.4, -0.2) is 16.4 Å². The van der Waals surface area contributed by atoms with E-state index in [1.165, 1.54) is 0 Å². The molecule has 0 bridgehead atoms. The first-order valence-corrected chi connectivity index (χ1v) is 6.49. The van der Waals surface area contributed by atoms with Gasteiger partial charge in [-0.1, -0.05) is 12.8 Å². The molecule has 5 nitrogen and oxygen atoms in total. The van der Waals surface area contributed by atoms with Crippen LogP contribution in [0.3, 0.4) is 0 Å². The zero-order valence-corrected chi connectivity index (χ0v) is 11.0. The largest absolute Gasteiger partial charge is 0.444 e. The molecule has 1 unspecified atom stereocenters. The number of nitrogens with zero attached hydrogens (tertiary/aromatic N) is 1. The Bertz CT molecular complexity index is 422. The molecule has 1 amide bonds. The van der Waals surface area contributed by atoms with E-state index in [-0.39, 0.29) is 17.5 Å². The van der Waals surface area contributed by atoms with Crippen molar-refractivity contribution in [1.82, 2.24) is 10.3 Å². The van der Waals surface area contributed by atoms with Gasteiger partial charge in [0.25, 0.3) is 0 Å². The molecule has 1 fully saturated rings. The molecule has 0 spiro atoms. The molecule has 0 radical (unpaired) electrons. The highest BCUT2D eigenvalue weighted by Crippen LogP contribution is 2.30. The molecule has 18 heavy (non-hydrogen) atoms. The average Bonchev–Trinajstić information content (AvgIpc) is 2.87. The predicted octanol–water partition coefficient (Wildman–Crippen LogP) is 1.82. The van der Waals surface area contributed by atoms with E-state index >= 15 is 0 Å². The first-order chi connectivity index (χ1) is 8.48. The molecule has 1 heterocycles. The van der Waals surface area contributed by atoms with Gasteiger partial charge in [-0.05, 0) is 26.7 Å². The molecule has 100 valence electrons. The third kappa shape index (κ3) is 3.10. The lowest BCUT2D eigenvalue weighted by Gasteiger charge is -2.23. The summed E-state index contributed by atoms with van der Waals surface area (Å²) in [5.41, 5.74) is 5.87. The fourth-order valence-electron chi connectivity index (χ4n) is 2.50. The van der Waals surface area contributed by atoms with Crippen molar-refractivity contribution in [1.29, 1.82) is 0 Å². The van der Waals surface area contributed by atoms with Gasteiger partial charge in [-0.3, -0.25) is 4.79 Å². The van der Waals surface area contributed by atoms with E-state index in [1.54, 1.807) is 6.20 Å². The summed E-state index contributed by atoms with van der Waals surface area (Å²) in [5, 5.41) is 2.89. The van der Waals surface area contributed by atoms with E-state index in [1.807, 2.05) is 13.8 Å². The Morgan fingerprint density at radius 2 is 2.28 bits per heavy atom. The molecule has 0 aromatic carbocycles. The average molecular weight is 251 g/mol. The highest BCUT2D eigenvalue weighted by atomic mass is 16.4. The van der Waals surface area contributed by atoms with Crippen LogP contribution < -0.4 is 11.1 Å². The second-order valence-corrected chi connectivity index (χ2v) is 5.34. The van der Waals surface area contributed by atoms with E-state index in [9.17, 15) is 4.79 Å². The third-order valence-corrected chi connectivity index (χ3v) is 3.50. The molecule has 1 aliphatic rings. The number of aryl methyl sites for hydroxylation is 1. The SMILES string of the molecule is Cc1cnc(C(C)NC(=O)CC2(N)CCCC2)o1. The van der Waals surface area contributed by atoms with Crippen molar-refractivity contribution in [3.05, 3.63) is 17.8 Å². The van der Waals surface area contributed by atoms with Gasteiger partial charge in [0, 0.05) is 12.0 Å². The summed E-state index contributed by atoms with van der Waals surface area (Å²) in [6.07, 6.45) is 6.16. The van der Waals surface area contributed by atoms with Gasteiger partial charge in [0.05, 0.1) is 6.20 Å². The standard InChI is InChI=1S/C13H21N3O2/c1-9-8-15-12(18-9)10(2)16-11(17)7-13(14)5-3-4-6-13/h8,10H,3-7,14H2,1-2H3,(H,16,17). The number of carbonyl (C=O) groups excluding carboxylic acids is 1. The summed E-state index contributed by atoms with van der Waals surface area (Å²) < 4.78 is 5.38. The predicted molar refractivity (Wildman–Crippen MR) is 67.8 cm³/mol. The first kappa shape index (κ1) is 13.1. The molecule has 2 rings (SSSR count). The maximum Gasteiger partial charge on any atom is 0.222 e. The highest BCUT2D eigenvalue weighted by Gasteiger charge is 2.32. The van der Waals surface area contributed by atoms with E-state index < -0.39 is 0 Å². The third-order valence-electron chi connectivity index (χ3n) is 3.50. The van der Waals surface area contributed by atoms with Crippen molar-refractivity contribution >= 4 is 5.91 Å². The molecular formula is C13H21N3O2. The minimum atomic E-state index is -0.309. The number of rotatable bonds is 4. The number of hydrogen-bond donors (Lipinski definition) is 2. The molecule has 3 N–H and O–H groups in total. The zero-order valence-electron chi connectivity index (χ0n) is 11.0. The van der Waals surface area contributed by atoms with Crippen LogP contribution in [0.15, 0.2) is 10.6 Å². The Kier molecular flexibility index (Phi) is 3.71. The lowest BCUT2D eigenvalue weighted by atomic mass is 9.94. The van der Waals surface area contributed by atoms with E-state index in [0.717, 1.165) is 31.4 Å². The van der Waals surface area contributed by atoms with Gasteiger partial charge < -0.3 is 15.5 Å². The van der Waals surface area contributed by atoms with Crippen molar-refractivity contribution < 1.29 is 9.21 Å². The summed E-state index contributed by atoms with van der Waals surface area (Å²) in [6.45, 7) is 3.69. The number of carbonyl (C=O) groups is 1.